The molecule has 1 aromatic rings. The van der Waals surface area contributed by atoms with Crippen LogP contribution in [-0.4, -0.2) is 24.8 Å². The molecule has 0 aliphatic carbocycles. The molecule has 1 unspecified atom stereocenters. The molecule has 1 heterocycles. The van der Waals surface area contributed by atoms with Crippen LogP contribution in [0, 0.1) is 0 Å². The lowest BCUT2D eigenvalue weighted by molar-refractivity contribution is -0.0714. The van der Waals surface area contributed by atoms with Gasteiger partial charge >= 0.3 is 0 Å². The second-order valence-electron chi connectivity index (χ2n) is 4.73. The van der Waals surface area contributed by atoms with E-state index in [1.165, 1.54) is 8.66 Å². The van der Waals surface area contributed by atoms with Gasteiger partial charge in [-0.05, 0) is 60.8 Å². The van der Waals surface area contributed by atoms with Crippen molar-refractivity contribution < 1.29 is 4.74 Å². The monoisotopic (exact) mass is 347 g/mol. The molecule has 0 aliphatic heterocycles. The van der Waals surface area contributed by atoms with E-state index in [-0.39, 0.29) is 5.60 Å². The molecule has 19 heavy (non-hydrogen) atoms. The van der Waals surface area contributed by atoms with E-state index in [9.17, 15) is 0 Å². The molecule has 0 fully saturated rings. The first kappa shape index (κ1) is 17.2. The first-order valence-electron chi connectivity index (χ1n) is 7.23. The number of nitrogens with one attached hydrogen (secondary N) is 1. The van der Waals surface area contributed by atoms with Crippen molar-refractivity contribution in [1.29, 1.82) is 0 Å². The van der Waals surface area contributed by atoms with Gasteiger partial charge in [0, 0.05) is 17.5 Å². The van der Waals surface area contributed by atoms with Crippen molar-refractivity contribution in [3.63, 3.8) is 0 Å². The average Bonchev–Trinajstić information content (AvgIpc) is 2.81. The zero-order valence-electron chi connectivity index (χ0n) is 12.5. The molecule has 0 saturated heterocycles. The van der Waals surface area contributed by atoms with Crippen LogP contribution in [0.25, 0.3) is 0 Å². The lowest BCUT2D eigenvalue weighted by atomic mass is 9.85. The van der Waals surface area contributed by atoms with Gasteiger partial charge in [-0.1, -0.05) is 20.8 Å². The maximum Gasteiger partial charge on any atom is 0.0832 e. The summed E-state index contributed by atoms with van der Waals surface area (Å²) in [5.74, 6) is 0. The van der Waals surface area contributed by atoms with Crippen molar-refractivity contribution in [2.75, 3.05) is 13.2 Å². The number of hydrogen-bond donors (Lipinski definition) is 1. The maximum absolute atomic E-state index is 6.15. The average molecular weight is 348 g/mol. The van der Waals surface area contributed by atoms with Gasteiger partial charge in [-0.2, -0.15) is 0 Å². The number of rotatable bonds is 9. The fourth-order valence-electron chi connectivity index (χ4n) is 2.69. The number of thiophene rings is 1. The molecule has 2 nitrogen and oxygen atoms in total. The predicted molar refractivity (Wildman–Crippen MR) is 88.1 cm³/mol. The Kier molecular flexibility index (Phi) is 7.58. The van der Waals surface area contributed by atoms with Gasteiger partial charge < -0.3 is 10.1 Å². The molecule has 1 N–H and O–H groups in total. The molecule has 110 valence electrons. The number of halogens is 1. The predicted octanol–water partition coefficient (Wildman–Crippen LogP) is 4.63. The van der Waals surface area contributed by atoms with Crippen LogP contribution < -0.4 is 5.32 Å². The normalized spacial score (nSPS) is 13.7. The SMILES string of the molecule is CCNC(Cc1ccc(Br)s1)C(CC)(CC)OCC. The molecular weight excluding hydrogens is 322 g/mol. The third-order valence-electron chi connectivity index (χ3n) is 3.75. The standard InChI is InChI=1S/C15H26BrNOS/c1-5-15(6-2,18-8-4)13(17-7-3)11-12-9-10-14(16)19-12/h9-10,13,17H,5-8,11H2,1-4H3. The lowest BCUT2D eigenvalue weighted by Crippen LogP contribution is -2.53. The highest BCUT2D eigenvalue weighted by atomic mass is 79.9. The maximum atomic E-state index is 6.15. The third-order valence-corrected chi connectivity index (χ3v) is 5.39. The van der Waals surface area contributed by atoms with Gasteiger partial charge in [0.1, 0.15) is 0 Å². The topological polar surface area (TPSA) is 21.3 Å². The molecule has 1 rings (SSSR count). The molecule has 0 amide bonds. The molecule has 0 radical (unpaired) electrons. The van der Waals surface area contributed by atoms with Crippen LogP contribution in [0.5, 0.6) is 0 Å². The minimum absolute atomic E-state index is 0.0543. The molecule has 1 aromatic heterocycles. The Labute approximate surface area is 130 Å². The quantitative estimate of drug-likeness (QED) is 0.703. The van der Waals surface area contributed by atoms with Crippen LogP contribution in [0.4, 0.5) is 0 Å². The van der Waals surface area contributed by atoms with E-state index in [2.05, 4.69) is 61.1 Å². The largest absolute Gasteiger partial charge is 0.374 e. The highest BCUT2D eigenvalue weighted by Crippen LogP contribution is 2.30. The summed E-state index contributed by atoms with van der Waals surface area (Å²) in [6.07, 6.45) is 3.12. The Morgan fingerprint density at radius 3 is 2.37 bits per heavy atom. The van der Waals surface area contributed by atoms with E-state index >= 15 is 0 Å². The summed E-state index contributed by atoms with van der Waals surface area (Å²) in [6.45, 7) is 10.5. The van der Waals surface area contributed by atoms with E-state index in [4.69, 9.17) is 4.74 Å². The minimum atomic E-state index is -0.0543. The molecule has 1 atom stereocenters. The first-order chi connectivity index (χ1) is 9.11. The van der Waals surface area contributed by atoms with Gasteiger partial charge in [0.25, 0.3) is 0 Å². The Morgan fingerprint density at radius 1 is 1.26 bits per heavy atom. The third kappa shape index (κ3) is 4.55. The van der Waals surface area contributed by atoms with Crippen LogP contribution in [0.3, 0.4) is 0 Å². The van der Waals surface area contributed by atoms with Crippen LogP contribution in [0.2, 0.25) is 0 Å². The van der Waals surface area contributed by atoms with Gasteiger partial charge in [-0.3, -0.25) is 0 Å². The molecule has 0 saturated carbocycles. The smallest absolute Gasteiger partial charge is 0.0832 e. The van der Waals surface area contributed by atoms with Crippen LogP contribution in [0.1, 0.15) is 45.4 Å². The van der Waals surface area contributed by atoms with Gasteiger partial charge in [0.15, 0.2) is 0 Å². The van der Waals surface area contributed by atoms with Crippen molar-refractivity contribution in [3.8, 4) is 0 Å². The van der Waals surface area contributed by atoms with Crippen molar-refractivity contribution in [2.45, 2.75) is 58.6 Å². The second-order valence-corrected chi connectivity index (χ2v) is 7.27. The molecule has 0 spiro atoms. The van der Waals surface area contributed by atoms with Gasteiger partial charge in [-0.15, -0.1) is 11.3 Å². The zero-order chi connectivity index (χ0) is 14.3. The minimum Gasteiger partial charge on any atom is -0.374 e. The molecule has 0 aromatic carbocycles. The van der Waals surface area contributed by atoms with Crippen molar-refractivity contribution in [3.05, 3.63) is 20.8 Å². The van der Waals surface area contributed by atoms with Gasteiger partial charge in [0.05, 0.1) is 9.39 Å². The van der Waals surface area contributed by atoms with E-state index < -0.39 is 0 Å². The van der Waals surface area contributed by atoms with Crippen LogP contribution in [-0.2, 0) is 11.2 Å². The van der Waals surface area contributed by atoms with E-state index in [1.54, 1.807) is 0 Å². The van der Waals surface area contributed by atoms with E-state index in [1.807, 2.05) is 11.3 Å². The molecule has 0 aliphatic rings. The van der Waals surface area contributed by atoms with E-state index in [0.29, 0.717) is 6.04 Å². The Hall–Kier alpha value is 0.1000. The lowest BCUT2D eigenvalue weighted by Gasteiger charge is -2.40. The van der Waals surface area contributed by atoms with Crippen molar-refractivity contribution in [1.82, 2.24) is 5.32 Å². The summed E-state index contributed by atoms with van der Waals surface area (Å²) in [5.41, 5.74) is -0.0543. The fourth-order valence-corrected chi connectivity index (χ4v) is 4.22. The zero-order valence-corrected chi connectivity index (χ0v) is 14.9. The first-order valence-corrected chi connectivity index (χ1v) is 8.84. The summed E-state index contributed by atoms with van der Waals surface area (Å²) in [7, 11) is 0. The number of hydrogen-bond acceptors (Lipinski definition) is 3. The Balaban J connectivity index is 2.89. The van der Waals surface area contributed by atoms with Gasteiger partial charge in [-0.25, -0.2) is 0 Å². The molecule has 4 heteroatoms. The van der Waals surface area contributed by atoms with Gasteiger partial charge in [0.2, 0.25) is 0 Å². The number of ether oxygens (including phenoxy) is 1. The summed E-state index contributed by atoms with van der Waals surface area (Å²) >= 11 is 5.36. The highest BCUT2D eigenvalue weighted by molar-refractivity contribution is 9.11. The summed E-state index contributed by atoms with van der Waals surface area (Å²) < 4.78 is 7.35. The van der Waals surface area contributed by atoms with Crippen molar-refractivity contribution >= 4 is 27.3 Å². The summed E-state index contributed by atoms with van der Waals surface area (Å²) in [5, 5.41) is 3.63. The summed E-state index contributed by atoms with van der Waals surface area (Å²) in [6, 6.07) is 4.71. The Bertz CT molecular complexity index is 363. The molecular formula is C15H26BrNOS. The highest BCUT2D eigenvalue weighted by Gasteiger charge is 2.36. The molecule has 0 bridgehead atoms. The Morgan fingerprint density at radius 2 is 1.95 bits per heavy atom. The van der Waals surface area contributed by atoms with Crippen LogP contribution >= 0.6 is 27.3 Å². The van der Waals surface area contributed by atoms with Crippen LogP contribution in [0.15, 0.2) is 15.9 Å². The van der Waals surface area contributed by atoms with Crippen molar-refractivity contribution in [2.24, 2.45) is 0 Å². The summed E-state index contributed by atoms with van der Waals surface area (Å²) in [4.78, 5) is 1.41. The van der Waals surface area contributed by atoms with E-state index in [0.717, 1.165) is 32.4 Å². The fraction of sp³-hybridized carbons (Fsp3) is 0.733. The second kappa shape index (κ2) is 8.40. The number of likely N-dealkylation sites (N-methyl/N-ethyl adjacent to an activating group) is 1.